The first-order chi connectivity index (χ1) is 14.1. The van der Waals surface area contributed by atoms with E-state index in [1.807, 2.05) is 13.8 Å². The van der Waals surface area contributed by atoms with Gasteiger partial charge in [0.25, 0.3) is 11.6 Å². The Morgan fingerprint density at radius 3 is 2.27 bits per heavy atom. The van der Waals surface area contributed by atoms with Crippen molar-refractivity contribution in [1.82, 2.24) is 4.31 Å². The molecule has 0 aliphatic carbocycles. The van der Waals surface area contributed by atoms with Crippen molar-refractivity contribution in [2.24, 2.45) is 11.8 Å². The molecule has 1 amide bonds. The topological polar surface area (TPSA) is 110 Å². The van der Waals surface area contributed by atoms with Gasteiger partial charge in [-0.2, -0.15) is 4.31 Å². The van der Waals surface area contributed by atoms with Crippen LogP contribution in [0, 0.1) is 22.0 Å². The Labute approximate surface area is 180 Å². The molecule has 1 aliphatic rings. The van der Waals surface area contributed by atoms with Crippen molar-refractivity contribution in [2.75, 3.05) is 18.4 Å². The van der Waals surface area contributed by atoms with Crippen molar-refractivity contribution < 1.29 is 18.1 Å². The van der Waals surface area contributed by atoms with E-state index < -0.39 is 20.9 Å². The second-order valence-corrected chi connectivity index (χ2v) is 10.0. The van der Waals surface area contributed by atoms with E-state index in [9.17, 15) is 23.3 Å². The molecule has 8 nitrogen and oxygen atoms in total. The number of carbonyl (C=O) groups excluding carboxylic acids is 1. The molecule has 1 N–H and O–H groups in total. The number of nitrogens with zero attached hydrogens (tertiary/aromatic N) is 2. The summed E-state index contributed by atoms with van der Waals surface area (Å²) in [7, 11) is -3.61. The highest BCUT2D eigenvalue weighted by molar-refractivity contribution is 7.89. The van der Waals surface area contributed by atoms with Gasteiger partial charge in [-0.25, -0.2) is 8.42 Å². The summed E-state index contributed by atoms with van der Waals surface area (Å²) >= 11 is 5.98. The molecular weight excluding hydrogens is 430 g/mol. The predicted molar refractivity (Wildman–Crippen MR) is 114 cm³/mol. The van der Waals surface area contributed by atoms with Gasteiger partial charge in [-0.3, -0.25) is 14.9 Å². The van der Waals surface area contributed by atoms with Crippen LogP contribution in [-0.4, -0.2) is 36.6 Å². The first-order valence-corrected chi connectivity index (χ1v) is 11.2. The molecular formula is C20H22ClN3O5S. The number of nitro benzene ring substituents is 1. The van der Waals surface area contributed by atoms with Gasteiger partial charge in [0, 0.05) is 30.9 Å². The van der Waals surface area contributed by atoms with Gasteiger partial charge >= 0.3 is 0 Å². The second-order valence-electron chi connectivity index (χ2n) is 7.67. The Kier molecular flexibility index (Phi) is 6.44. The Balaban J connectivity index is 1.74. The summed E-state index contributed by atoms with van der Waals surface area (Å²) in [5.41, 5.74) is 0.247. The lowest BCUT2D eigenvalue weighted by atomic mass is 9.94. The summed E-state index contributed by atoms with van der Waals surface area (Å²) in [4.78, 5) is 22.8. The lowest BCUT2D eigenvalue weighted by molar-refractivity contribution is -0.384. The van der Waals surface area contributed by atoms with Crippen LogP contribution in [0.25, 0.3) is 0 Å². The molecule has 2 aromatic rings. The number of carbonyl (C=O) groups is 1. The quantitative estimate of drug-likeness (QED) is 0.542. The molecule has 30 heavy (non-hydrogen) atoms. The van der Waals surface area contributed by atoms with Crippen LogP contribution in [-0.2, 0) is 10.0 Å². The summed E-state index contributed by atoms with van der Waals surface area (Å²) < 4.78 is 27.4. The van der Waals surface area contributed by atoms with Crippen molar-refractivity contribution in [3.63, 3.8) is 0 Å². The third kappa shape index (κ3) is 4.80. The van der Waals surface area contributed by atoms with E-state index in [-0.39, 0.29) is 21.2 Å². The second kappa shape index (κ2) is 8.71. The maximum absolute atomic E-state index is 12.9. The molecule has 160 valence electrons. The number of non-ortho nitro benzene ring substituents is 1. The fourth-order valence-corrected chi connectivity index (χ4v) is 5.60. The standard InChI is InChI=1S/C20H22ClN3O5S/c1-13-9-14(2)12-23(11-13)30(28,29)17-6-3-15(4-7-17)22-20(25)18-8-5-16(24(26)27)10-19(18)21/h3-8,10,13-14H,9,11-12H2,1-2H3,(H,22,25). The number of benzene rings is 2. The van der Waals surface area contributed by atoms with E-state index in [1.165, 1.54) is 40.7 Å². The van der Waals surface area contributed by atoms with Crippen LogP contribution in [0.1, 0.15) is 30.6 Å². The van der Waals surface area contributed by atoms with Crippen LogP contribution < -0.4 is 5.32 Å². The van der Waals surface area contributed by atoms with Crippen molar-refractivity contribution in [3.8, 4) is 0 Å². The maximum Gasteiger partial charge on any atom is 0.270 e. The minimum absolute atomic E-state index is 0.0470. The summed E-state index contributed by atoms with van der Waals surface area (Å²) in [6, 6.07) is 9.47. The van der Waals surface area contributed by atoms with E-state index in [4.69, 9.17) is 11.6 Å². The Morgan fingerprint density at radius 2 is 1.73 bits per heavy atom. The molecule has 2 unspecified atom stereocenters. The van der Waals surface area contributed by atoms with Gasteiger partial charge < -0.3 is 5.32 Å². The molecule has 0 radical (unpaired) electrons. The molecule has 3 rings (SSSR count). The van der Waals surface area contributed by atoms with Crippen LogP contribution in [0.3, 0.4) is 0 Å². The largest absolute Gasteiger partial charge is 0.322 e. The number of nitro groups is 1. The Hall–Kier alpha value is -2.49. The number of sulfonamides is 1. The van der Waals surface area contributed by atoms with Crippen LogP contribution in [0.4, 0.5) is 11.4 Å². The van der Waals surface area contributed by atoms with E-state index in [1.54, 1.807) is 0 Å². The predicted octanol–water partition coefficient (Wildman–Crippen LogP) is 4.17. The highest BCUT2D eigenvalue weighted by Crippen LogP contribution is 2.28. The smallest absolute Gasteiger partial charge is 0.270 e. The van der Waals surface area contributed by atoms with Crippen molar-refractivity contribution >= 4 is 38.9 Å². The Bertz CT molecular complexity index is 1060. The van der Waals surface area contributed by atoms with E-state index in [0.29, 0.717) is 30.6 Å². The fraction of sp³-hybridized carbons (Fsp3) is 0.350. The molecule has 0 saturated carbocycles. The first-order valence-electron chi connectivity index (χ1n) is 9.43. The lowest BCUT2D eigenvalue weighted by Gasteiger charge is -2.34. The summed E-state index contributed by atoms with van der Waals surface area (Å²) in [6.45, 7) is 5.06. The van der Waals surface area contributed by atoms with Gasteiger partial charge in [0.1, 0.15) is 0 Å². The minimum Gasteiger partial charge on any atom is -0.322 e. The van der Waals surface area contributed by atoms with Gasteiger partial charge in [-0.15, -0.1) is 0 Å². The molecule has 1 aliphatic heterocycles. The number of anilines is 1. The molecule has 0 bridgehead atoms. The van der Waals surface area contributed by atoms with Gasteiger partial charge in [0.05, 0.1) is 20.4 Å². The van der Waals surface area contributed by atoms with E-state index >= 15 is 0 Å². The average Bonchev–Trinajstić information content (AvgIpc) is 2.67. The van der Waals surface area contributed by atoms with Gasteiger partial charge in [0.2, 0.25) is 10.0 Å². The third-order valence-electron chi connectivity index (χ3n) is 4.99. The third-order valence-corrected chi connectivity index (χ3v) is 7.15. The molecule has 1 heterocycles. The molecule has 10 heteroatoms. The number of piperidine rings is 1. The number of amides is 1. The van der Waals surface area contributed by atoms with Gasteiger partial charge in [0.15, 0.2) is 0 Å². The fourth-order valence-electron chi connectivity index (χ4n) is 3.66. The lowest BCUT2D eigenvalue weighted by Crippen LogP contribution is -2.42. The average molecular weight is 452 g/mol. The Morgan fingerprint density at radius 1 is 1.13 bits per heavy atom. The van der Waals surface area contributed by atoms with E-state index in [0.717, 1.165) is 12.5 Å². The maximum atomic E-state index is 12.9. The van der Waals surface area contributed by atoms with Crippen molar-refractivity contribution in [2.45, 2.75) is 25.2 Å². The molecule has 2 aromatic carbocycles. The zero-order valence-corrected chi connectivity index (χ0v) is 18.1. The zero-order chi connectivity index (χ0) is 22.1. The summed E-state index contributed by atoms with van der Waals surface area (Å²) in [5, 5.41) is 13.4. The molecule has 1 saturated heterocycles. The van der Waals surface area contributed by atoms with Crippen LogP contribution in [0.5, 0.6) is 0 Å². The van der Waals surface area contributed by atoms with Crippen LogP contribution >= 0.6 is 11.6 Å². The summed E-state index contributed by atoms with van der Waals surface area (Å²) in [5.74, 6) is 0.0475. The number of hydrogen-bond acceptors (Lipinski definition) is 5. The SMILES string of the molecule is CC1CC(C)CN(S(=O)(=O)c2ccc(NC(=O)c3ccc([N+](=O)[O-])cc3Cl)cc2)C1. The van der Waals surface area contributed by atoms with Gasteiger partial charge in [-0.05, 0) is 48.6 Å². The molecule has 1 fully saturated rings. The van der Waals surface area contributed by atoms with Crippen LogP contribution in [0.15, 0.2) is 47.4 Å². The number of rotatable bonds is 5. The summed E-state index contributed by atoms with van der Waals surface area (Å²) in [6.07, 6.45) is 1.00. The number of halogens is 1. The van der Waals surface area contributed by atoms with Gasteiger partial charge in [-0.1, -0.05) is 25.4 Å². The van der Waals surface area contributed by atoms with Crippen molar-refractivity contribution in [3.05, 3.63) is 63.2 Å². The number of hydrogen-bond donors (Lipinski definition) is 1. The number of nitrogens with one attached hydrogen (secondary N) is 1. The zero-order valence-electron chi connectivity index (χ0n) is 16.5. The highest BCUT2D eigenvalue weighted by Gasteiger charge is 2.31. The van der Waals surface area contributed by atoms with Crippen LogP contribution in [0.2, 0.25) is 5.02 Å². The molecule has 0 spiro atoms. The normalized spacial score (nSPS) is 20.0. The van der Waals surface area contributed by atoms with E-state index in [2.05, 4.69) is 5.32 Å². The van der Waals surface area contributed by atoms with Crippen molar-refractivity contribution in [1.29, 1.82) is 0 Å². The first kappa shape index (κ1) is 22.2. The molecule has 0 aromatic heterocycles. The molecule has 2 atom stereocenters. The highest BCUT2D eigenvalue weighted by atomic mass is 35.5. The minimum atomic E-state index is -3.61. The monoisotopic (exact) mass is 451 g/mol.